The van der Waals surface area contributed by atoms with E-state index in [1.165, 1.54) is 0 Å². The van der Waals surface area contributed by atoms with Gasteiger partial charge < -0.3 is 56.0 Å². The van der Waals surface area contributed by atoms with Crippen molar-refractivity contribution in [2.45, 2.75) is 61.6 Å². The largest absolute Gasteiger partial charge is 0.394 e. The van der Waals surface area contributed by atoms with E-state index in [9.17, 15) is 28.4 Å². The third kappa shape index (κ3) is 13.7. The third-order valence-corrected chi connectivity index (χ3v) is 9.90. The van der Waals surface area contributed by atoms with E-state index in [1.807, 2.05) is 36.4 Å². The second-order valence-corrected chi connectivity index (χ2v) is 14.3. The summed E-state index contributed by atoms with van der Waals surface area (Å²) in [4.78, 5) is 64.5. The highest BCUT2D eigenvalue weighted by Gasteiger charge is 2.49. The number of nitrogens with one attached hydrogen (secondary N) is 4. The van der Waals surface area contributed by atoms with Crippen LogP contribution in [-0.2, 0) is 20.9 Å². The van der Waals surface area contributed by atoms with E-state index < -0.39 is 79.3 Å². The average Bonchev–Trinajstić information content (AvgIpc) is 3.34. The highest BCUT2D eigenvalue weighted by Crippen LogP contribution is 2.25. The van der Waals surface area contributed by atoms with Gasteiger partial charge in [0.2, 0.25) is 0 Å². The lowest BCUT2D eigenvalue weighted by molar-refractivity contribution is -0.222. The lowest BCUT2D eigenvalue weighted by atomic mass is 9.89. The molecule has 5 aromatic carbocycles. The molecule has 4 amide bonds. The minimum atomic E-state index is -2.24. The Balaban J connectivity index is 0.000000545. The maximum atomic E-state index is 13.9. The average molecular weight is 865 g/mol. The third-order valence-electron chi connectivity index (χ3n) is 9.90. The number of aldehydes is 1. The predicted molar refractivity (Wildman–Crippen MR) is 228 cm³/mol. The Labute approximate surface area is 362 Å². The van der Waals surface area contributed by atoms with Crippen LogP contribution in [0.5, 0.6) is 0 Å². The number of ether oxygens (including phenoxy) is 2. The molecule has 0 saturated carbocycles. The number of aliphatic hydroxyl groups excluding tert-OH is 4. The lowest BCUT2D eigenvalue weighted by Gasteiger charge is -2.47. The van der Waals surface area contributed by atoms with Crippen LogP contribution in [0.2, 0.25) is 0 Å². The molecule has 5 aromatic rings. The maximum Gasteiger partial charge on any atom is 0.251 e. The number of alkyl halides is 1. The number of hydrogen-bond donors (Lipinski definition) is 8. The number of benzene rings is 5. The van der Waals surface area contributed by atoms with Crippen molar-refractivity contribution < 1.29 is 58.3 Å². The fourth-order valence-corrected chi connectivity index (χ4v) is 6.51. The van der Waals surface area contributed by atoms with Gasteiger partial charge in [0.25, 0.3) is 23.6 Å². The van der Waals surface area contributed by atoms with Crippen molar-refractivity contribution in [3.63, 3.8) is 0 Å². The summed E-state index contributed by atoms with van der Waals surface area (Å²) in [6.07, 6.45) is -10.0. The topological polar surface area (TPSA) is 233 Å². The van der Waals surface area contributed by atoms with Crippen molar-refractivity contribution in [1.82, 2.24) is 21.3 Å². The number of carbonyl (C=O) groups excluding carboxylic acids is 5. The molecule has 1 aliphatic rings. The van der Waals surface area contributed by atoms with Gasteiger partial charge in [-0.3, -0.25) is 19.2 Å². The smallest absolute Gasteiger partial charge is 0.251 e. The standard InChI is InChI=1S/C41H38N4O6.C6H11FO5/c46-37(29-18-8-2-9-19-29)42-26-33-34(43-38(47)30-20-10-3-11-21-30)35(44-39(48)31-22-12-4-13-23-31)36(45-40(49)32-24-14-5-15-25-32)41(51-33)50-27-28-16-6-1-7-17-28;7-5(3(10)1-8)6(12)4(11)2-9/h1-25,33-36,41H,26-27H2,(H,42,46)(H,43,47)(H,44,48)(H,45,49);2-6,8,10-12H,1H2/t33-,34-,35+,36-,41+;3-,4+,5-,6-/m11/s1. The highest BCUT2D eigenvalue weighted by molar-refractivity contribution is 5.97. The van der Waals surface area contributed by atoms with E-state index in [1.54, 1.807) is 115 Å². The summed E-state index contributed by atoms with van der Waals surface area (Å²) in [5.74, 6) is -1.65. The number of rotatable bonds is 17. The molecular weight excluding hydrogens is 816 g/mol. The number of carbonyl (C=O) groups is 5. The molecule has 1 fully saturated rings. The van der Waals surface area contributed by atoms with E-state index in [0.29, 0.717) is 22.3 Å². The molecule has 15 nitrogen and oxygen atoms in total. The van der Waals surface area contributed by atoms with Crippen LogP contribution in [0.3, 0.4) is 0 Å². The summed E-state index contributed by atoms with van der Waals surface area (Å²) in [5.41, 5.74) is 2.44. The van der Waals surface area contributed by atoms with Crippen LogP contribution in [0.1, 0.15) is 47.0 Å². The Morgan fingerprint density at radius 1 is 0.603 bits per heavy atom. The van der Waals surface area contributed by atoms with Crippen LogP contribution < -0.4 is 21.3 Å². The van der Waals surface area contributed by atoms with Gasteiger partial charge in [-0.25, -0.2) is 4.39 Å². The van der Waals surface area contributed by atoms with Gasteiger partial charge >= 0.3 is 0 Å². The molecule has 1 heterocycles. The van der Waals surface area contributed by atoms with E-state index in [4.69, 9.17) is 29.9 Å². The van der Waals surface area contributed by atoms with Crippen molar-refractivity contribution >= 4 is 29.9 Å². The van der Waals surface area contributed by atoms with Gasteiger partial charge in [-0.15, -0.1) is 0 Å². The first kappa shape index (κ1) is 47.4. The molecule has 0 radical (unpaired) electrons. The summed E-state index contributed by atoms with van der Waals surface area (Å²) in [6, 6.07) is 41.1. The van der Waals surface area contributed by atoms with Gasteiger partial charge in [0, 0.05) is 28.8 Å². The molecule has 6 rings (SSSR count). The Kier molecular flexibility index (Phi) is 18.1. The van der Waals surface area contributed by atoms with Crippen molar-refractivity contribution in [1.29, 1.82) is 0 Å². The van der Waals surface area contributed by atoms with Gasteiger partial charge in [0.15, 0.2) is 18.7 Å². The number of hydrogen-bond acceptors (Lipinski definition) is 11. The lowest BCUT2D eigenvalue weighted by Crippen LogP contribution is -2.73. The Morgan fingerprint density at radius 3 is 1.43 bits per heavy atom. The number of aliphatic hydroxyl groups is 4. The first-order valence-electron chi connectivity index (χ1n) is 20.0. The molecule has 16 heteroatoms. The van der Waals surface area contributed by atoms with Crippen LogP contribution in [0.4, 0.5) is 4.39 Å². The first-order chi connectivity index (χ1) is 30.5. The summed E-state index contributed by atoms with van der Waals surface area (Å²) in [7, 11) is 0. The second-order valence-electron chi connectivity index (χ2n) is 14.3. The van der Waals surface area contributed by atoms with Gasteiger partial charge in [0.1, 0.15) is 30.5 Å². The SMILES string of the molecule is O=C(NC[C@H]1O[C@H](OCc2ccccc2)[C@H](NC(=O)c2ccccc2)[C@@H](NC(=O)c2ccccc2)[C@@H]1NC(=O)c1ccccc1)c1ccccc1.O=C[C@H](O)[C@@H](O)[C@H](F)[C@H](O)CO. The summed E-state index contributed by atoms with van der Waals surface area (Å²) in [6.45, 7) is -0.827. The van der Waals surface area contributed by atoms with Crippen LogP contribution >= 0.6 is 0 Å². The highest BCUT2D eigenvalue weighted by atomic mass is 19.1. The zero-order valence-electron chi connectivity index (χ0n) is 33.9. The number of amides is 4. The fraction of sp³-hybridized carbons (Fsp3) is 0.255. The zero-order valence-corrected chi connectivity index (χ0v) is 33.9. The molecule has 0 spiro atoms. The Bertz CT molecular complexity index is 2190. The molecule has 1 aliphatic heterocycles. The quantitative estimate of drug-likeness (QED) is 0.0633. The Hall–Kier alpha value is -6.66. The number of halogens is 1. The van der Waals surface area contributed by atoms with Crippen LogP contribution in [-0.4, -0.2) is 118 Å². The Morgan fingerprint density at radius 2 is 1.00 bits per heavy atom. The van der Waals surface area contributed by atoms with Gasteiger partial charge in [-0.05, 0) is 54.1 Å². The zero-order chi connectivity index (χ0) is 45.1. The van der Waals surface area contributed by atoms with E-state index in [0.717, 1.165) is 5.56 Å². The minimum absolute atomic E-state index is 0.0542. The van der Waals surface area contributed by atoms with Crippen molar-refractivity contribution in [3.8, 4) is 0 Å². The molecule has 0 aliphatic carbocycles. The predicted octanol–water partition coefficient (Wildman–Crippen LogP) is 2.35. The molecular formula is C47H49FN4O11. The maximum absolute atomic E-state index is 13.9. The molecule has 0 aromatic heterocycles. The summed E-state index contributed by atoms with van der Waals surface area (Å²) in [5, 5.41) is 46.3. The monoisotopic (exact) mass is 864 g/mol. The van der Waals surface area contributed by atoms with Crippen molar-refractivity contribution in [2.75, 3.05) is 13.2 Å². The summed E-state index contributed by atoms with van der Waals surface area (Å²) < 4.78 is 25.6. The summed E-state index contributed by atoms with van der Waals surface area (Å²) >= 11 is 0. The van der Waals surface area contributed by atoms with Crippen LogP contribution in [0, 0.1) is 0 Å². The van der Waals surface area contributed by atoms with Crippen LogP contribution in [0.15, 0.2) is 152 Å². The second kappa shape index (κ2) is 24.1. The molecule has 8 N–H and O–H groups in total. The van der Waals surface area contributed by atoms with E-state index in [2.05, 4.69) is 21.3 Å². The van der Waals surface area contributed by atoms with Crippen molar-refractivity contribution in [3.05, 3.63) is 179 Å². The molecule has 9 atom stereocenters. The molecule has 63 heavy (non-hydrogen) atoms. The molecule has 330 valence electrons. The molecule has 0 unspecified atom stereocenters. The normalized spacial score (nSPS) is 19.9. The van der Waals surface area contributed by atoms with Crippen LogP contribution in [0.25, 0.3) is 0 Å². The van der Waals surface area contributed by atoms with Crippen molar-refractivity contribution in [2.24, 2.45) is 0 Å². The van der Waals surface area contributed by atoms with Gasteiger partial charge in [-0.2, -0.15) is 0 Å². The molecule has 1 saturated heterocycles. The van der Waals surface area contributed by atoms with E-state index >= 15 is 0 Å². The fourth-order valence-electron chi connectivity index (χ4n) is 6.51. The molecule has 0 bridgehead atoms. The minimum Gasteiger partial charge on any atom is -0.394 e. The van der Waals surface area contributed by atoms with Gasteiger partial charge in [-0.1, -0.05) is 103 Å². The van der Waals surface area contributed by atoms with Gasteiger partial charge in [0.05, 0.1) is 25.3 Å². The first-order valence-corrected chi connectivity index (χ1v) is 20.0. The van der Waals surface area contributed by atoms with E-state index in [-0.39, 0.29) is 25.3 Å².